The summed E-state index contributed by atoms with van der Waals surface area (Å²) in [6.45, 7) is 1.92. The molecule has 0 aliphatic rings. The van der Waals surface area contributed by atoms with Crippen LogP contribution in [0.1, 0.15) is 5.56 Å². The van der Waals surface area contributed by atoms with Crippen LogP contribution in [0.3, 0.4) is 0 Å². The van der Waals surface area contributed by atoms with Crippen LogP contribution >= 0.6 is 23.4 Å². The molecule has 0 aromatic heterocycles. The molecule has 0 saturated heterocycles. The predicted octanol–water partition coefficient (Wildman–Crippen LogP) is 5.60. The van der Waals surface area contributed by atoms with Gasteiger partial charge in [-0.15, -0.1) is 0 Å². The highest BCUT2D eigenvalue weighted by Gasteiger charge is 2.16. The molecule has 0 aliphatic carbocycles. The van der Waals surface area contributed by atoms with Gasteiger partial charge in [-0.1, -0.05) is 53.2 Å². The fourth-order valence-corrected chi connectivity index (χ4v) is 4.36. The number of para-hydroxylation sites is 1. The zero-order valence-corrected chi connectivity index (χ0v) is 15.8. The van der Waals surface area contributed by atoms with E-state index in [0.717, 1.165) is 15.4 Å². The molecule has 3 aromatic carbocycles. The number of aryl methyl sites for hydroxylation is 1. The number of sulfonamides is 1. The molecule has 3 nitrogen and oxygen atoms in total. The highest BCUT2D eigenvalue weighted by Crippen LogP contribution is 2.34. The van der Waals surface area contributed by atoms with Crippen molar-refractivity contribution in [1.82, 2.24) is 0 Å². The minimum absolute atomic E-state index is 0.240. The van der Waals surface area contributed by atoms with Crippen LogP contribution in [0.2, 0.25) is 5.02 Å². The van der Waals surface area contributed by atoms with Gasteiger partial charge < -0.3 is 0 Å². The molecule has 0 aliphatic heterocycles. The topological polar surface area (TPSA) is 46.2 Å². The van der Waals surface area contributed by atoms with E-state index in [0.29, 0.717) is 10.7 Å². The van der Waals surface area contributed by atoms with Crippen LogP contribution in [0, 0.1) is 6.92 Å². The first-order valence-corrected chi connectivity index (χ1v) is 10.2. The van der Waals surface area contributed by atoms with Crippen molar-refractivity contribution in [3.63, 3.8) is 0 Å². The average molecular weight is 390 g/mol. The van der Waals surface area contributed by atoms with E-state index in [1.165, 1.54) is 11.8 Å². The minimum Gasteiger partial charge on any atom is -0.278 e. The monoisotopic (exact) mass is 389 g/mol. The summed E-state index contributed by atoms with van der Waals surface area (Å²) in [7, 11) is -3.64. The maximum absolute atomic E-state index is 12.6. The number of hydrogen-bond donors (Lipinski definition) is 1. The number of rotatable bonds is 5. The zero-order valence-electron chi connectivity index (χ0n) is 13.4. The Balaban J connectivity index is 1.87. The summed E-state index contributed by atoms with van der Waals surface area (Å²) in [6, 6.07) is 21.5. The summed E-state index contributed by atoms with van der Waals surface area (Å²) in [5.74, 6) is 0. The standard InChI is InChI=1S/C19H16ClNO2S2/c1-14-6-12-17(13-7-14)25(22,23)21-18-4-2-3-5-19(18)24-16-10-8-15(20)9-11-16/h2-13,21H,1H3. The molecule has 0 saturated carbocycles. The van der Waals surface area contributed by atoms with Gasteiger partial charge in [0.1, 0.15) is 0 Å². The third kappa shape index (κ3) is 4.57. The maximum atomic E-state index is 12.6. The van der Waals surface area contributed by atoms with Crippen molar-refractivity contribution in [3.8, 4) is 0 Å². The van der Waals surface area contributed by atoms with Gasteiger partial charge in [0, 0.05) is 14.8 Å². The summed E-state index contributed by atoms with van der Waals surface area (Å²) < 4.78 is 27.9. The van der Waals surface area contributed by atoms with E-state index in [1.54, 1.807) is 36.4 Å². The van der Waals surface area contributed by atoms with Gasteiger partial charge in [-0.2, -0.15) is 0 Å². The minimum atomic E-state index is -3.64. The summed E-state index contributed by atoms with van der Waals surface area (Å²) in [5, 5.41) is 0.665. The van der Waals surface area contributed by atoms with Gasteiger partial charge in [0.15, 0.2) is 0 Å². The molecule has 0 bridgehead atoms. The first-order valence-electron chi connectivity index (χ1n) is 7.56. The van der Waals surface area contributed by atoms with Crippen molar-refractivity contribution in [2.45, 2.75) is 21.6 Å². The second-order valence-electron chi connectivity index (χ2n) is 5.47. The Morgan fingerprint density at radius 3 is 2.20 bits per heavy atom. The quantitative estimate of drug-likeness (QED) is 0.617. The summed E-state index contributed by atoms with van der Waals surface area (Å²) in [6.07, 6.45) is 0. The van der Waals surface area contributed by atoms with Crippen LogP contribution < -0.4 is 4.72 Å². The Kier molecular flexibility index (Phi) is 5.37. The van der Waals surface area contributed by atoms with E-state index in [9.17, 15) is 8.42 Å². The predicted molar refractivity (Wildman–Crippen MR) is 104 cm³/mol. The van der Waals surface area contributed by atoms with Crippen molar-refractivity contribution in [2.24, 2.45) is 0 Å². The molecule has 3 aromatic rings. The van der Waals surface area contributed by atoms with Gasteiger partial charge in [-0.3, -0.25) is 4.72 Å². The first-order chi connectivity index (χ1) is 11.9. The van der Waals surface area contributed by atoms with Crippen LogP contribution in [0.15, 0.2) is 87.5 Å². The van der Waals surface area contributed by atoms with E-state index in [-0.39, 0.29) is 4.90 Å². The Bertz CT molecular complexity index is 969. The zero-order chi connectivity index (χ0) is 17.9. The molecule has 0 unspecified atom stereocenters. The number of hydrogen-bond acceptors (Lipinski definition) is 3. The average Bonchev–Trinajstić information content (AvgIpc) is 2.59. The molecule has 25 heavy (non-hydrogen) atoms. The van der Waals surface area contributed by atoms with Gasteiger partial charge >= 0.3 is 0 Å². The molecule has 0 fully saturated rings. The molecule has 0 atom stereocenters. The molecule has 3 rings (SSSR count). The number of halogens is 1. The molecule has 1 N–H and O–H groups in total. The molecular formula is C19H16ClNO2S2. The highest BCUT2D eigenvalue weighted by atomic mass is 35.5. The maximum Gasteiger partial charge on any atom is 0.261 e. The fraction of sp³-hybridized carbons (Fsp3) is 0.0526. The lowest BCUT2D eigenvalue weighted by atomic mass is 10.2. The molecule has 6 heteroatoms. The summed E-state index contributed by atoms with van der Waals surface area (Å²) >= 11 is 7.39. The van der Waals surface area contributed by atoms with Gasteiger partial charge in [0.05, 0.1) is 10.6 Å². The van der Waals surface area contributed by atoms with Gasteiger partial charge in [-0.05, 0) is 55.5 Å². The third-order valence-corrected chi connectivity index (χ3v) is 6.22. The lowest BCUT2D eigenvalue weighted by Gasteiger charge is -2.12. The van der Waals surface area contributed by atoms with E-state index in [1.807, 2.05) is 43.3 Å². The first kappa shape index (κ1) is 17.9. The van der Waals surface area contributed by atoms with Crippen LogP contribution in [0.25, 0.3) is 0 Å². The Morgan fingerprint density at radius 2 is 1.52 bits per heavy atom. The van der Waals surface area contributed by atoms with Crippen LogP contribution in [0.5, 0.6) is 0 Å². The van der Waals surface area contributed by atoms with E-state index in [2.05, 4.69) is 4.72 Å². The molecular weight excluding hydrogens is 374 g/mol. The fourth-order valence-electron chi connectivity index (χ4n) is 2.19. The smallest absolute Gasteiger partial charge is 0.261 e. The van der Waals surface area contributed by atoms with E-state index >= 15 is 0 Å². The molecule has 0 amide bonds. The number of nitrogens with one attached hydrogen (secondary N) is 1. The Morgan fingerprint density at radius 1 is 0.880 bits per heavy atom. The van der Waals surface area contributed by atoms with Gasteiger partial charge in [0.25, 0.3) is 10.0 Å². The molecule has 128 valence electrons. The van der Waals surface area contributed by atoms with Crippen LogP contribution in [-0.2, 0) is 10.0 Å². The summed E-state index contributed by atoms with van der Waals surface area (Å²) in [4.78, 5) is 2.04. The molecule has 0 spiro atoms. The second kappa shape index (κ2) is 7.52. The van der Waals surface area contributed by atoms with E-state index < -0.39 is 10.0 Å². The lowest BCUT2D eigenvalue weighted by Crippen LogP contribution is -2.13. The van der Waals surface area contributed by atoms with Crippen LogP contribution in [0.4, 0.5) is 5.69 Å². The van der Waals surface area contributed by atoms with E-state index in [4.69, 9.17) is 11.6 Å². The Labute approximate surface area is 157 Å². The SMILES string of the molecule is Cc1ccc(S(=O)(=O)Nc2ccccc2Sc2ccc(Cl)cc2)cc1. The normalized spacial score (nSPS) is 11.3. The number of benzene rings is 3. The molecule has 0 radical (unpaired) electrons. The highest BCUT2D eigenvalue weighted by molar-refractivity contribution is 7.99. The van der Waals surface area contributed by atoms with Crippen molar-refractivity contribution in [1.29, 1.82) is 0 Å². The molecule has 0 heterocycles. The largest absolute Gasteiger partial charge is 0.278 e. The van der Waals surface area contributed by atoms with Crippen molar-refractivity contribution in [2.75, 3.05) is 4.72 Å². The Hall–Kier alpha value is -1.95. The number of anilines is 1. The third-order valence-electron chi connectivity index (χ3n) is 3.50. The van der Waals surface area contributed by atoms with Crippen LogP contribution in [-0.4, -0.2) is 8.42 Å². The summed E-state index contributed by atoms with van der Waals surface area (Å²) in [5.41, 5.74) is 1.56. The van der Waals surface area contributed by atoms with Crippen molar-refractivity contribution >= 4 is 39.1 Å². The second-order valence-corrected chi connectivity index (χ2v) is 8.70. The lowest BCUT2D eigenvalue weighted by molar-refractivity contribution is 0.601. The van der Waals surface area contributed by atoms with Gasteiger partial charge in [-0.25, -0.2) is 8.42 Å². The van der Waals surface area contributed by atoms with Gasteiger partial charge in [0.2, 0.25) is 0 Å². The van der Waals surface area contributed by atoms with Crippen molar-refractivity contribution < 1.29 is 8.42 Å². The van der Waals surface area contributed by atoms with Crippen molar-refractivity contribution in [3.05, 3.63) is 83.4 Å².